The van der Waals surface area contributed by atoms with Gasteiger partial charge in [0.05, 0.1) is 10.6 Å². The maximum absolute atomic E-state index is 12.4. The highest BCUT2D eigenvalue weighted by molar-refractivity contribution is 8.27. The van der Waals surface area contributed by atoms with Gasteiger partial charge in [0.25, 0.3) is 5.91 Å². The number of nitrogens with zero attached hydrogens (tertiary/aromatic N) is 3. The zero-order valence-electron chi connectivity index (χ0n) is 14.6. The first kappa shape index (κ1) is 17.8. The molecule has 2 aliphatic rings. The van der Waals surface area contributed by atoms with Crippen molar-refractivity contribution >= 4 is 51.4 Å². The van der Waals surface area contributed by atoms with Crippen LogP contribution in [0.3, 0.4) is 0 Å². The van der Waals surface area contributed by atoms with E-state index < -0.39 is 5.91 Å². The summed E-state index contributed by atoms with van der Waals surface area (Å²) in [4.78, 5) is 16.5. The highest BCUT2D eigenvalue weighted by atomic mass is 35.5. The molecule has 0 spiro atoms. The molecule has 2 aliphatic heterocycles. The lowest BCUT2D eigenvalue weighted by Crippen LogP contribution is -2.35. The van der Waals surface area contributed by atoms with Gasteiger partial charge in [-0.3, -0.25) is 10.2 Å². The number of thioether (sulfide) groups is 1. The Kier molecular flexibility index (Phi) is 4.49. The van der Waals surface area contributed by atoms with Crippen LogP contribution in [-0.4, -0.2) is 27.0 Å². The fraction of sp³-hybridized carbons (Fsp3) is 0.158. The molecule has 136 valence electrons. The van der Waals surface area contributed by atoms with Crippen molar-refractivity contribution in [1.29, 1.82) is 5.41 Å². The fourth-order valence-corrected chi connectivity index (χ4v) is 3.74. The van der Waals surface area contributed by atoms with E-state index in [1.54, 1.807) is 18.2 Å². The van der Waals surface area contributed by atoms with E-state index in [0.717, 1.165) is 10.6 Å². The minimum atomic E-state index is -0.477. The van der Waals surface area contributed by atoms with E-state index in [1.165, 1.54) is 22.8 Å². The zero-order valence-corrected chi connectivity index (χ0v) is 16.1. The average Bonchev–Trinajstić information content (AvgIpc) is 3.26. The summed E-state index contributed by atoms with van der Waals surface area (Å²) in [5.41, 5.74) is 0.893. The number of halogens is 1. The summed E-state index contributed by atoms with van der Waals surface area (Å²) < 4.78 is 5.80. The largest absolute Gasteiger partial charge is 0.457 e. The minimum absolute atomic E-state index is 0.0103. The molecule has 0 radical (unpaired) electrons. The topological polar surface area (TPSA) is 82.0 Å². The molecule has 27 heavy (non-hydrogen) atoms. The molecular weight excluding hydrogens is 384 g/mol. The molecule has 0 saturated carbocycles. The number of amidine groups is 2. The maximum atomic E-state index is 12.4. The van der Waals surface area contributed by atoms with Gasteiger partial charge in [0.15, 0.2) is 5.84 Å². The van der Waals surface area contributed by atoms with Crippen molar-refractivity contribution < 1.29 is 9.21 Å². The average molecular weight is 399 g/mol. The second-order valence-electron chi connectivity index (χ2n) is 6.29. The minimum Gasteiger partial charge on any atom is -0.457 e. The highest BCUT2D eigenvalue weighted by Gasteiger charge is 2.36. The van der Waals surface area contributed by atoms with E-state index in [0.29, 0.717) is 21.7 Å². The first-order valence-electron chi connectivity index (χ1n) is 8.29. The smallest absolute Gasteiger partial charge is 0.283 e. The number of carbonyl (C=O) groups excluding carboxylic acids is 1. The molecule has 8 heteroatoms. The molecule has 0 fully saturated rings. The lowest BCUT2D eigenvalue weighted by Gasteiger charge is -2.19. The van der Waals surface area contributed by atoms with Crippen molar-refractivity contribution in [2.75, 3.05) is 0 Å². The molecule has 0 aliphatic carbocycles. The van der Waals surface area contributed by atoms with Crippen LogP contribution in [0.5, 0.6) is 0 Å². The van der Waals surface area contributed by atoms with Gasteiger partial charge in [-0.05, 0) is 42.1 Å². The molecule has 0 bridgehead atoms. The Labute approximate surface area is 165 Å². The summed E-state index contributed by atoms with van der Waals surface area (Å²) in [5, 5.41) is 16.0. The number of rotatable bonds is 3. The predicted octanol–water partition coefficient (Wildman–Crippen LogP) is 4.88. The number of carbonyl (C=O) groups is 1. The molecular formula is C19H15ClN4O2S. The summed E-state index contributed by atoms with van der Waals surface area (Å²) >= 11 is 7.52. The van der Waals surface area contributed by atoms with Crippen LogP contribution in [0.4, 0.5) is 0 Å². The number of furan rings is 1. The van der Waals surface area contributed by atoms with Crippen LogP contribution in [-0.2, 0) is 4.79 Å². The van der Waals surface area contributed by atoms with E-state index in [2.05, 4.69) is 10.1 Å². The summed E-state index contributed by atoms with van der Waals surface area (Å²) in [6.45, 7) is 4.01. The number of hydrogen-bond donors (Lipinski definition) is 1. The third-order valence-electron chi connectivity index (χ3n) is 4.02. The van der Waals surface area contributed by atoms with Crippen LogP contribution in [0, 0.1) is 11.3 Å². The molecule has 1 N–H and O–H groups in total. The van der Waals surface area contributed by atoms with Crippen molar-refractivity contribution in [2.45, 2.75) is 13.8 Å². The molecule has 1 aromatic heterocycles. The van der Waals surface area contributed by atoms with E-state index >= 15 is 0 Å². The van der Waals surface area contributed by atoms with Gasteiger partial charge in [-0.15, -0.1) is 0 Å². The summed E-state index contributed by atoms with van der Waals surface area (Å²) in [6, 6.07) is 10.9. The molecule has 0 saturated heterocycles. The van der Waals surface area contributed by atoms with Crippen molar-refractivity contribution in [2.24, 2.45) is 16.0 Å². The van der Waals surface area contributed by atoms with Crippen LogP contribution in [0.15, 0.2) is 56.5 Å². The van der Waals surface area contributed by atoms with Gasteiger partial charge in [0.2, 0.25) is 5.17 Å². The van der Waals surface area contributed by atoms with Gasteiger partial charge in [0.1, 0.15) is 16.6 Å². The third-order valence-corrected chi connectivity index (χ3v) is 5.56. The SMILES string of the molecule is CC(C)C1=NN2C(=N)/C(=C/c3ccc(-c4ccccc4Cl)o3)C(=O)N=C2S1. The van der Waals surface area contributed by atoms with Crippen LogP contribution in [0.2, 0.25) is 5.02 Å². The Hall–Kier alpha value is -2.64. The lowest BCUT2D eigenvalue weighted by atomic mass is 10.1. The van der Waals surface area contributed by atoms with Crippen LogP contribution < -0.4 is 0 Å². The Bertz CT molecular complexity index is 1050. The number of nitrogens with one attached hydrogen (secondary N) is 1. The van der Waals surface area contributed by atoms with Crippen molar-refractivity contribution in [3.05, 3.63) is 52.8 Å². The van der Waals surface area contributed by atoms with E-state index in [9.17, 15) is 4.79 Å². The maximum Gasteiger partial charge on any atom is 0.283 e. The number of amides is 1. The van der Waals surface area contributed by atoms with Crippen LogP contribution in [0.25, 0.3) is 17.4 Å². The van der Waals surface area contributed by atoms with Crippen molar-refractivity contribution in [3.63, 3.8) is 0 Å². The van der Waals surface area contributed by atoms with Crippen LogP contribution >= 0.6 is 23.4 Å². The second kappa shape index (κ2) is 6.83. The van der Waals surface area contributed by atoms with Gasteiger partial charge in [-0.1, -0.05) is 37.6 Å². The molecule has 4 rings (SSSR count). The van der Waals surface area contributed by atoms with Crippen LogP contribution in [0.1, 0.15) is 19.6 Å². The van der Waals surface area contributed by atoms with E-state index in [1.807, 2.05) is 32.0 Å². The Morgan fingerprint density at radius 2 is 2.04 bits per heavy atom. The summed E-state index contributed by atoms with van der Waals surface area (Å²) in [7, 11) is 0. The Morgan fingerprint density at radius 1 is 1.26 bits per heavy atom. The molecule has 1 amide bonds. The van der Waals surface area contributed by atoms with Crippen molar-refractivity contribution in [1.82, 2.24) is 5.01 Å². The molecule has 0 unspecified atom stereocenters. The number of aliphatic imine (C=N–C) groups is 1. The van der Waals surface area contributed by atoms with Gasteiger partial charge < -0.3 is 4.42 Å². The fourth-order valence-electron chi connectivity index (χ4n) is 2.62. The standard InChI is InChI=1S/C19H15ClN4O2S/c1-10(2)18-23-24-16(21)13(17(25)22-19(24)27-18)9-11-7-8-15(26-11)12-5-3-4-6-14(12)20/h3-10,21H,1-2H3/b13-9-,21-16?. The molecule has 2 aromatic rings. The second-order valence-corrected chi connectivity index (χ2v) is 7.69. The lowest BCUT2D eigenvalue weighted by molar-refractivity contribution is -0.114. The molecule has 3 heterocycles. The van der Waals surface area contributed by atoms with Gasteiger partial charge in [-0.25, -0.2) is 0 Å². The number of benzene rings is 1. The summed E-state index contributed by atoms with van der Waals surface area (Å²) in [6.07, 6.45) is 1.51. The number of hydrazone groups is 1. The Morgan fingerprint density at radius 3 is 2.78 bits per heavy atom. The van der Waals surface area contributed by atoms with Gasteiger partial charge in [0, 0.05) is 11.5 Å². The third kappa shape index (κ3) is 3.24. The van der Waals surface area contributed by atoms with Gasteiger partial charge in [-0.2, -0.15) is 15.1 Å². The normalized spacial score (nSPS) is 18.2. The number of hydrogen-bond acceptors (Lipinski definition) is 5. The monoisotopic (exact) mass is 398 g/mol. The highest BCUT2D eigenvalue weighted by Crippen LogP contribution is 2.32. The first-order valence-corrected chi connectivity index (χ1v) is 9.48. The molecule has 0 atom stereocenters. The zero-order chi connectivity index (χ0) is 19.1. The Balaban J connectivity index is 1.67. The summed E-state index contributed by atoms with van der Waals surface area (Å²) in [5.74, 6) is 0.736. The van der Waals surface area contributed by atoms with Crippen molar-refractivity contribution in [3.8, 4) is 11.3 Å². The molecule has 6 nitrogen and oxygen atoms in total. The van der Waals surface area contributed by atoms with E-state index in [4.69, 9.17) is 21.4 Å². The number of fused-ring (bicyclic) bond motifs is 1. The van der Waals surface area contributed by atoms with E-state index in [-0.39, 0.29) is 17.3 Å². The van der Waals surface area contributed by atoms with Gasteiger partial charge >= 0.3 is 0 Å². The first-order chi connectivity index (χ1) is 12.9. The molecule has 1 aromatic carbocycles. The quantitative estimate of drug-likeness (QED) is 0.747. The predicted molar refractivity (Wildman–Crippen MR) is 109 cm³/mol.